The van der Waals surface area contributed by atoms with Crippen molar-refractivity contribution >= 4 is 27.7 Å². The van der Waals surface area contributed by atoms with Gasteiger partial charge < -0.3 is 10.1 Å². The molecule has 2 aromatic carbocycles. The highest BCUT2D eigenvalue weighted by atomic mass is 32.2. The number of carbonyl (C=O) groups is 1. The summed E-state index contributed by atoms with van der Waals surface area (Å²) in [4.78, 5) is 11.9. The van der Waals surface area contributed by atoms with Gasteiger partial charge in [0, 0.05) is 36.6 Å². The van der Waals surface area contributed by atoms with Gasteiger partial charge >= 0.3 is 0 Å². The van der Waals surface area contributed by atoms with E-state index in [2.05, 4.69) is 10.4 Å². The zero-order valence-electron chi connectivity index (χ0n) is 17.7. The number of benzene rings is 2. The van der Waals surface area contributed by atoms with Crippen molar-refractivity contribution in [2.75, 3.05) is 31.6 Å². The number of hydrogen-bond acceptors (Lipinski definition) is 5. The standard InChI is InChI=1S/C23H23FN4O4S/c24-21-8-7-20(14-22(21)33(30,31)28-10-12-32-13-11-28)26-23(29)9-6-19-15-25-27(17-19)16-18-4-2-1-3-5-18/h1-9,14-15,17H,10-13,16H2,(H,26,29)/b9-6+. The lowest BCUT2D eigenvalue weighted by atomic mass is 10.2. The number of rotatable bonds is 7. The smallest absolute Gasteiger partial charge is 0.248 e. The Hall–Kier alpha value is -3.34. The molecule has 1 fully saturated rings. The molecule has 10 heteroatoms. The highest BCUT2D eigenvalue weighted by Gasteiger charge is 2.29. The molecule has 0 radical (unpaired) electrons. The molecule has 1 saturated heterocycles. The first-order valence-electron chi connectivity index (χ1n) is 10.3. The molecule has 33 heavy (non-hydrogen) atoms. The fraction of sp³-hybridized carbons (Fsp3) is 0.217. The molecule has 0 spiro atoms. The van der Waals surface area contributed by atoms with E-state index in [0.29, 0.717) is 6.54 Å². The van der Waals surface area contributed by atoms with Gasteiger partial charge in [-0.05, 0) is 29.8 Å². The van der Waals surface area contributed by atoms with E-state index in [0.717, 1.165) is 23.3 Å². The predicted octanol–water partition coefficient (Wildman–Crippen LogP) is 2.74. The van der Waals surface area contributed by atoms with Gasteiger partial charge in [0.05, 0.1) is 26.0 Å². The molecule has 1 aliphatic rings. The summed E-state index contributed by atoms with van der Waals surface area (Å²) in [6.07, 6.45) is 6.35. The second-order valence-electron chi connectivity index (χ2n) is 7.44. The lowest BCUT2D eigenvalue weighted by molar-refractivity contribution is -0.111. The number of sulfonamides is 1. The third-order valence-corrected chi connectivity index (χ3v) is 6.97. The van der Waals surface area contributed by atoms with Gasteiger partial charge in [0.1, 0.15) is 10.7 Å². The summed E-state index contributed by atoms with van der Waals surface area (Å²) in [6, 6.07) is 13.3. The Bertz CT molecular complexity index is 1250. The Morgan fingerprint density at radius 3 is 2.67 bits per heavy atom. The second kappa shape index (κ2) is 10.1. The molecule has 0 saturated carbocycles. The first-order chi connectivity index (χ1) is 15.9. The number of anilines is 1. The van der Waals surface area contributed by atoms with Crippen molar-refractivity contribution in [1.29, 1.82) is 0 Å². The molecular weight excluding hydrogens is 447 g/mol. The van der Waals surface area contributed by atoms with E-state index in [1.807, 2.05) is 36.5 Å². The third kappa shape index (κ3) is 5.72. The van der Waals surface area contributed by atoms with Gasteiger partial charge in [-0.2, -0.15) is 9.40 Å². The number of carbonyl (C=O) groups excluding carboxylic acids is 1. The van der Waals surface area contributed by atoms with Crippen LogP contribution < -0.4 is 5.32 Å². The summed E-state index contributed by atoms with van der Waals surface area (Å²) in [5, 5.41) is 6.85. The fourth-order valence-electron chi connectivity index (χ4n) is 3.38. The highest BCUT2D eigenvalue weighted by molar-refractivity contribution is 7.89. The highest BCUT2D eigenvalue weighted by Crippen LogP contribution is 2.24. The number of hydrogen-bond donors (Lipinski definition) is 1. The van der Waals surface area contributed by atoms with Crippen LogP contribution in [0.1, 0.15) is 11.1 Å². The number of nitrogens with one attached hydrogen (secondary N) is 1. The minimum absolute atomic E-state index is 0.152. The Kier molecular flexibility index (Phi) is 6.97. The van der Waals surface area contributed by atoms with Gasteiger partial charge in [0.2, 0.25) is 15.9 Å². The summed E-state index contributed by atoms with van der Waals surface area (Å²) >= 11 is 0. The van der Waals surface area contributed by atoms with E-state index in [4.69, 9.17) is 4.74 Å². The molecule has 0 bridgehead atoms. The van der Waals surface area contributed by atoms with Gasteiger partial charge in [-0.3, -0.25) is 9.48 Å². The van der Waals surface area contributed by atoms with Crippen LogP contribution in [0.2, 0.25) is 0 Å². The van der Waals surface area contributed by atoms with Crippen molar-refractivity contribution in [2.45, 2.75) is 11.4 Å². The maximum atomic E-state index is 14.3. The van der Waals surface area contributed by atoms with Crippen LogP contribution in [-0.2, 0) is 26.1 Å². The Labute approximate surface area is 191 Å². The maximum absolute atomic E-state index is 14.3. The van der Waals surface area contributed by atoms with E-state index < -0.39 is 26.6 Å². The van der Waals surface area contributed by atoms with E-state index in [9.17, 15) is 17.6 Å². The number of aromatic nitrogens is 2. The lowest BCUT2D eigenvalue weighted by Crippen LogP contribution is -2.40. The SMILES string of the molecule is O=C(/C=C/c1cnn(Cc2ccccc2)c1)Nc1ccc(F)c(S(=O)(=O)N2CCOCC2)c1. The topological polar surface area (TPSA) is 93.5 Å². The van der Waals surface area contributed by atoms with Crippen LogP contribution in [0.4, 0.5) is 10.1 Å². The average Bonchev–Trinajstić information content (AvgIpc) is 3.27. The first kappa shape index (κ1) is 22.8. The van der Waals surface area contributed by atoms with Gasteiger partial charge in [0.25, 0.3) is 0 Å². The van der Waals surface area contributed by atoms with Crippen LogP contribution >= 0.6 is 0 Å². The van der Waals surface area contributed by atoms with Crippen LogP contribution in [0.25, 0.3) is 6.08 Å². The number of amides is 1. The average molecular weight is 471 g/mol. The number of nitrogens with zero attached hydrogens (tertiary/aromatic N) is 3. The van der Waals surface area contributed by atoms with Gasteiger partial charge in [-0.1, -0.05) is 30.3 Å². The monoisotopic (exact) mass is 470 g/mol. The first-order valence-corrected chi connectivity index (χ1v) is 11.8. The molecule has 1 aliphatic heterocycles. The Morgan fingerprint density at radius 1 is 1.15 bits per heavy atom. The van der Waals surface area contributed by atoms with E-state index in [-0.39, 0.29) is 32.0 Å². The molecule has 0 atom stereocenters. The molecular formula is C23H23FN4O4S. The third-order valence-electron chi connectivity index (χ3n) is 5.05. The minimum Gasteiger partial charge on any atom is -0.379 e. The number of morpholine rings is 1. The van der Waals surface area contributed by atoms with E-state index in [1.165, 1.54) is 16.4 Å². The van der Waals surface area contributed by atoms with Gasteiger partial charge in [-0.15, -0.1) is 0 Å². The maximum Gasteiger partial charge on any atom is 0.248 e. The van der Waals surface area contributed by atoms with Crippen LogP contribution in [0.15, 0.2) is 71.9 Å². The molecule has 3 aromatic rings. The Balaban J connectivity index is 1.41. The molecule has 172 valence electrons. The van der Waals surface area contributed by atoms with Crippen molar-refractivity contribution in [3.8, 4) is 0 Å². The normalized spacial score (nSPS) is 15.1. The molecule has 1 N–H and O–H groups in total. The Morgan fingerprint density at radius 2 is 1.91 bits per heavy atom. The largest absolute Gasteiger partial charge is 0.379 e. The zero-order valence-corrected chi connectivity index (χ0v) is 18.5. The van der Waals surface area contributed by atoms with Crippen molar-refractivity contribution in [2.24, 2.45) is 0 Å². The van der Waals surface area contributed by atoms with Crippen molar-refractivity contribution < 1.29 is 22.3 Å². The summed E-state index contributed by atoms with van der Waals surface area (Å²) in [5.74, 6) is -1.35. The molecule has 1 aromatic heterocycles. The van der Waals surface area contributed by atoms with Crippen LogP contribution in [0.5, 0.6) is 0 Å². The summed E-state index contributed by atoms with van der Waals surface area (Å²) in [7, 11) is -4.03. The van der Waals surface area contributed by atoms with Crippen LogP contribution in [0.3, 0.4) is 0 Å². The molecule has 4 rings (SSSR count). The van der Waals surface area contributed by atoms with Crippen LogP contribution in [-0.4, -0.2) is 54.7 Å². The van der Waals surface area contributed by atoms with E-state index >= 15 is 0 Å². The molecule has 0 unspecified atom stereocenters. The molecule has 0 aliphatic carbocycles. The van der Waals surface area contributed by atoms with Crippen LogP contribution in [0, 0.1) is 5.82 Å². The molecule has 8 nitrogen and oxygen atoms in total. The van der Waals surface area contributed by atoms with E-state index in [1.54, 1.807) is 17.0 Å². The zero-order chi connectivity index (χ0) is 23.3. The molecule has 1 amide bonds. The van der Waals surface area contributed by atoms with Gasteiger partial charge in [0.15, 0.2) is 0 Å². The fourth-order valence-corrected chi connectivity index (χ4v) is 4.88. The molecule has 2 heterocycles. The summed E-state index contributed by atoms with van der Waals surface area (Å²) in [6.45, 7) is 1.42. The summed E-state index contributed by atoms with van der Waals surface area (Å²) < 4.78 is 48.0. The van der Waals surface area contributed by atoms with Gasteiger partial charge in [-0.25, -0.2) is 12.8 Å². The number of halogens is 1. The summed E-state index contributed by atoms with van der Waals surface area (Å²) in [5.41, 5.74) is 2.02. The lowest BCUT2D eigenvalue weighted by Gasteiger charge is -2.26. The number of ether oxygens (including phenoxy) is 1. The minimum atomic E-state index is -4.03. The quantitative estimate of drug-likeness (QED) is 0.536. The van der Waals surface area contributed by atoms with Crippen molar-refractivity contribution in [3.63, 3.8) is 0 Å². The second-order valence-corrected chi connectivity index (χ2v) is 9.35. The predicted molar refractivity (Wildman–Crippen MR) is 121 cm³/mol. The van der Waals surface area contributed by atoms with Crippen molar-refractivity contribution in [3.05, 3.63) is 83.9 Å². The van der Waals surface area contributed by atoms with Crippen molar-refractivity contribution in [1.82, 2.24) is 14.1 Å².